The van der Waals surface area contributed by atoms with Crippen molar-refractivity contribution in [2.75, 3.05) is 18.0 Å². The van der Waals surface area contributed by atoms with E-state index in [0.717, 1.165) is 13.1 Å². The van der Waals surface area contributed by atoms with Crippen LogP contribution in [0, 0.1) is 22.0 Å². The van der Waals surface area contributed by atoms with Crippen LogP contribution < -0.4 is 4.90 Å². The van der Waals surface area contributed by atoms with E-state index in [-0.39, 0.29) is 10.6 Å². The van der Waals surface area contributed by atoms with E-state index < -0.39 is 0 Å². The fourth-order valence-electron chi connectivity index (χ4n) is 3.17. The molecule has 6 nitrogen and oxygen atoms in total. The van der Waals surface area contributed by atoms with Gasteiger partial charge in [-0.2, -0.15) is 5.10 Å². The molecule has 1 saturated heterocycles. The zero-order chi connectivity index (χ0) is 14.2. The molecule has 2 heterocycles. The van der Waals surface area contributed by atoms with Crippen molar-refractivity contribution in [3.05, 3.63) is 15.8 Å². The largest absolute Gasteiger partial charge is 0.351 e. The van der Waals surface area contributed by atoms with Crippen molar-refractivity contribution in [3.8, 4) is 0 Å². The number of hydrogen-bond donors (Lipinski definition) is 0. The molecule has 0 aliphatic carbocycles. The van der Waals surface area contributed by atoms with E-state index in [1.807, 2.05) is 6.92 Å². The Morgan fingerprint density at radius 2 is 1.95 bits per heavy atom. The first-order valence-electron chi connectivity index (χ1n) is 6.89. The molecule has 1 aromatic heterocycles. The van der Waals surface area contributed by atoms with Crippen molar-refractivity contribution in [3.63, 3.8) is 0 Å². The molecule has 0 N–H and O–H groups in total. The summed E-state index contributed by atoms with van der Waals surface area (Å²) in [4.78, 5) is 13.2. The molecule has 6 heteroatoms. The lowest BCUT2D eigenvalue weighted by atomic mass is 9.92. The second-order valence-corrected chi connectivity index (χ2v) is 5.70. The van der Waals surface area contributed by atoms with E-state index in [9.17, 15) is 10.1 Å². The third-order valence-electron chi connectivity index (χ3n) is 3.75. The molecule has 0 radical (unpaired) electrons. The summed E-state index contributed by atoms with van der Waals surface area (Å²) in [5.41, 5.74) is 0.764. The summed E-state index contributed by atoms with van der Waals surface area (Å²) in [5, 5.41) is 15.7. The van der Waals surface area contributed by atoms with E-state index in [1.165, 1.54) is 6.42 Å². The summed E-state index contributed by atoms with van der Waals surface area (Å²) < 4.78 is 1.67. The number of anilines is 1. The Kier molecular flexibility index (Phi) is 3.78. The summed E-state index contributed by atoms with van der Waals surface area (Å²) in [5.74, 6) is 1.78. The maximum absolute atomic E-state index is 11.3. The van der Waals surface area contributed by atoms with Gasteiger partial charge in [-0.3, -0.25) is 10.1 Å². The van der Waals surface area contributed by atoms with Gasteiger partial charge in [-0.15, -0.1) is 0 Å². The van der Waals surface area contributed by atoms with Gasteiger partial charge in [0.05, 0.1) is 4.92 Å². The summed E-state index contributed by atoms with van der Waals surface area (Å²) in [6.07, 6.45) is 1.77. The molecule has 1 aliphatic heterocycles. The van der Waals surface area contributed by atoms with E-state index in [2.05, 4.69) is 23.8 Å². The van der Waals surface area contributed by atoms with Gasteiger partial charge in [-0.1, -0.05) is 20.8 Å². The second kappa shape index (κ2) is 5.19. The van der Waals surface area contributed by atoms with E-state index in [1.54, 1.807) is 11.7 Å². The van der Waals surface area contributed by atoms with Crippen LogP contribution in [0.1, 0.15) is 32.9 Å². The molecular formula is C13H22N4O2. The van der Waals surface area contributed by atoms with Crippen LogP contribution in [0.4, 0.5) is 11.5 Å². The number of nitrogens with zero attached hydrogens (tertiary/aromatic N) is 4. The zero-order valence-corrected chi connectivity index (χ0v) is 12.1. The van der Waals surface area contributed by atoms with Crippen LogP contribution in [0.3, 0.4) is 0 Å². The number of rotatable bonds is 3. The summed E-state index contributed by atoms with van der Waals surface area (Å²) in [7, 11) is 1.80. The Morgan fingerprint density at radius 1 is 1.37 bits per heavy atom. The number of piperidine rings is 1. The van der Waals surface area contributed by atoms with Crippen LogP contribution in [0.15, 0.2) is 0 Å². The lowest BCUT2D eigenvalue weighted by Crippen LogP contribution is -2.40. The van der Waals surface area contributed by atoms with Crippen molar-refractivity contribution in [1.82, 2.24) is 9.78 Å². The van der Waals surface area contributed by atoms with Crippen molar-refractivity contribution in [2.45, 2.75) is 33.6 Å². The predicted octanol–water partition coefficient (Wildman–Crippen LogP) is 2.37. The van der Waals surface area contributed by atoms with Gasteiger partial charge < -0.3 is 4.90 Å². The molecule has 106 valence electrons. The first-order valence-corrected chi connectivity index (χ1v) is 6.89. The van der Waals surface area contributed by atoms with Gasteiger partial charge in [-0.05, 0) is 24.7 Å². The number of aryl methyl sites for hydroxylation is 2. The molecular weight excluding hydrogens is 244 g/mol. The van der Waals surface area contributed by atoms with Crippen LogP contribution in [-0.2, 0) is 13.5 Å². The molecule has 1 aromatic rings. The molecule has 1 aliphatic rings. The minimum atomic E-state index is -0.287. The Balaban J connectivity index is 2.43. The van der Waals surface area contributed by atoms with Crippen LogP contribution in [-0.4, -0.2) is 27.8 Å². The van der Waals surface area contributed by atoms with E-state index in [4.69, 9.17) is 0 Å². The maximum atomic E-state index is 11.3. The topological polar surface area (TPSA) is 64.2 Å². The zero-order valence-electron chi connectivity index (χ0n) is 12.1. The maximum Gasteiger partial charge on any atom is 0.334 e. The molecule has 0 spiro atoms. The smallest absolute Gasteiger partial charge is 0.334 e. The third kappa shape index (κ3) is 2.57. The summed E-state index contributed by atoms with van der Waals surface area (Å²) in [6, 6.07) is 0. The molecule has 2 unspecified atom stereocenters. The minimum absolute atomic E-state index is 0.186. The van der Waals surface area contributed by atoms with Gasteiger partial charge in [0.25, 0.3) is 0 Å². The Hall–Kier alpha value is -1.59. The first-order chi connectivity index (χ1) is 8.93. The van der Waals surface area contributed by atoms with Gasteiger partial charge in [-0.25, -0.2) is 4.68 Å². The molecule has 0 aromatic carbocycles. The fourth-order valence-corrected chi connectivity index (χ4v) is 3.17. The van der Waals surface area contributed by atoms with Gasteiger partial charge in [0.15, 0.2) is 0 Å². The highest BCUT2D eigenvalue weighted by Crippen LogP contribution is 2.35. The van der Waals surface area contributed by atoms with Crippen molar-refractivity contribution in [2.24, 2.45) is 18.9 Å². The Morgan fingerprint density at radius 3 is 2.42 bits per heavy atom. The molecule has 0 bridgehead atoms. The lowest BCUT2D eigenvalue weighted by molar-refractivity contribution is -0.384. The highest BCUT2D eigenvalue weighted by Gasteiger charge is 2.33. The molecule has 0 amide bonds. The van der Waals surface area contributed by atoms with Crippen LogP contribution in [0.25, 0.3) is 0 Å². The SMILES string of the molecule is CCc1nn(C)c(N2CC(C)CC(C)C2)c1[N+](=O)[O-]. The molecule has 19 heavy (non-hydrogen) atoms. The minimum Gasteiger partial charge on any atom is -0.351 e. The molecule has 1 fully saturated rings. The average Bonchev–Trinajstić information content (AvgIpc) is 2.64. The molecule has 2 rings (SSSR count). The average molecular weight is 266 g/mol. The predicted molar refractivity (Wildman–Crippen MR) is 74.4 cm³/mol. The normalized spacial score (nSPS) is 23.7. The van der Waals surface area contributed by atoms with Crippen LogP contribution in [0.2, 0.25) is 0 Å². The van der Waals surface area contributed by atoms with Gasteiger partial charge >= 0.3 is 5.69 Å². The Bertz CT molecular complexity index is 473. The summed E-state index contributed by atoms with van der Waals surface area (Å²) in [6.45, 7) is 8.04. The van der Waals surface area contributed by atoms with Crippen molar-refractivity contribution in [1.29, 1.82) is 0 Å². The first kappa shape index (κ1) is 13.8. The third-order valence-corrected chi connectivity index (χ3v) is 3.75. The molecule has 0 saturated carbocycles. The second-order valence-electron chi connectivity index (χ2n) is 5.70. The number of aromatic nitrogens is 2. The quantitative estimate of drug-likeness (QED) is 0.622. The van der Waals surface area contributed by atoms with Gasteiger partial charge in [0.2, 0.25) is 5.82 Å². The van der Waals surface area contributed by atoms with Crippen LogP contribution in [0.5, 0.6) is 0 Å². The molecule has 2 atom stereocenters. The van der Waals surface area contributed by atoms with E-state index >= 15 is 0 Å². The van der Waals surface area contributed by atoms with Crippen LogP contribution >= 0.6 is 0 Å². The van der Waals surface area contributed by atoms with Crippen molar-refractivity contribution >= 4 is 11.5 Å². The van der Waals surface area contributed by atoms with E-state index in [0.29, 0.717) is 29.8 Å². The number of hydrogen-bond acceptors (Lipinski definition) is 4. The highest BCUT2D eigenvalue weighted by molar-refractivity contribution is 5.62. The van der Waals surface area contributed by atoms with Gasteiger partial charge in [0, 0.05) is 20.1 Å². The fraction of sp³-hybridized carbons (Fsp3) is 0.769. The standard InChI is InChI=1S/C13H22N4O2/c1-5-11-12(17(18)19)13(15(4)14-11)16-7-9(2)6-10(3)8-16/h9-10H,5-8H2,1-4H3. The summed E-state index contributed by atoms with van der Waals surface area (Å²) >= 11 is 0. The highest BCUT2D eigenvalue weighted by atomic mass is 16.6. The monoisotopic (exact) mass is 266 g/mol. The Labute approximate surface area is 113 Å². The van der Waals surface area contributed by atoms with Gasteiger partial charge in [0.1, 0.15) is 5.69 Å². The number of nitro groups is 1. The lowest BCUT2D eigenvalue weighted by Gasteiger charge is -2.35. The van der Waals surface area contributed by atoms with Crippen molar-refractivity contribution < 1.29 is 4.92 Å².